The molecule has 0 saturated heterocycles. The monoisotopic (exact) mass is 218 g/mol. The van der Waals surface area contributed by atoms with Gasteiger partial charge in [0, 0.05) is 31.5 Å². The second-order valence-corrected chi connectivity index (χ2v) is 3.38. The second-order valence-electron chi connectivity index (χ2n) is 3.38. The largest absolute Gasteiger partial charge is 0.384 e. The minimum atomic E-state index is 0.476. The van der Waals surface area contributed by atoms with Gasteiger partial charge in [-0.25, -0.2) is 9.97 Å². The molecule has 0 atom stereocenters. The van der Waals surface area contributed by atoms with Crippen LogP contribution >= 0.6 is 0 Å². The van der Waals surface area contributed by atoms with Gasteiger partial charge in [-0.05, 0) is 12.5 Å². The molecule has 0 unspecified atom stereocenters. The van der Waals surface area contributed by atoms with Gasteiger partial charge in [0.25, 0.3) is 0 Å². The first kappa shape index (κ1) is 10.4. The summed E-state index contributed by atoms with van der Waals surface area (Å²) in [5, 5.41) is 7.29. The molecule has 0 bridgehead atoms. The minimum absolute atomic E-state index is 0.476. The number of anilines is 2. The van der Waals surface area contributed by atoms with Crippen LogP contribution in [0.15, 0.2) is 30.9 Å². The van der Waals surface area contributed by atoms with Gasteiger partial charge >= 0.3 is 0 Å². The van der Waals surface area contributed by atoms with E-state index in [1.54, 1.807) is 12.3 Å². The van der Waals surface area contributed by atoms with Crippen LogP contribution in [-0.4, -0.2) is 26.3 Å². The van der Waals surface area contributed by atoms with Crippen molar-refractivity contribution in [3.8, 4) is 0 Å². The Hall–Kier alpha value is -2.11. The van der Waals surface area contributed by atoms with Gasteiger partial charge in [-0.15, -0.1) is 0 Å². The van der Waals surface area contributed by atoms with E-state index in [4.69, 9.17) is 5.73 Å². The van der Waals surface area contributed by atoms with Crippen LogP contribution in [0, 0.1) is 0 Å². The van der Waals surface area contributed by atoms with E-state index in [0.29, 0.717) is 5.82 Å². The summed E-state index contributed by atoms with van der Waals surface area (Å²) in [6.45, 7) is 1.72. The highest BCUT2D eigenvalue weighted by Crippen LogP contribution is 2.04. The molecular weight excluding hydrogens is 204 g/mol. The van der Waals surface area contributed by atoms with E-state index < -0.39 is 0 Å². The van der Waals surface area contributed by atoms with Crippen molar-refractivity contribution in [2.24, 2.45) is 0 Å². The van der Waals surface area contributed by atoms with E-state index in [1.807, 2.05) is 16.9 Å². The van der Waals surface area contributed by atoms with E-state index in [0.717, 1.165) is 25.3 Å². The highest BCUT2D eigenvalue weighted by Gasteiger charge is 1.95. The molecule has 0 aliphatic carbocycles. The molecule has 6 heteroatoms. The molecule has 0 aliphatic heterocycles. The first-order chi connectivity index (χ1) is 7.84. The van der Waals surface area contributed by atoms with Crippen LogP contribution in [-0.2, 0) is 6.54 Å². The van der Waals surface area contributed by atoms with Crippen molar-refractivity contribution in [1.82, 2.24) is 19.7 Å². The Morgan fingerprint density at radius 3 is 3.06 bits per heavy atom. The van der Waals surface area contributed by atoms with Crippen molar-refractivity contribution in [1.29, 1.82) is 0 Å². The number of nitrogen functional groups attached to an aromatic ring is 1. The number of nitrogens with zero attached hydrogens (tertiary/aromatic N) is 4. The SMILES string of the molecule is Nc1cc(NCCCn2cccn2)ncn1. The fraction of sp³-hybridized carbons (Fsp3) is 0.300. The average molecular weight is 218 g/mol. The average Bonchev–Trinajstić information content (AvgIpc) is 2.77. The zero-order chi connectivity index (χ0) is 11.2. The van der Waals surface area contributed by atoms with Gasteiger partial charge in [-0.2, -0.15) is 5.10 Å². The molecule has 0 saturated carbocycles. The number of rotatable bonds is 5. The van der Waals surface area contributed by atoms with Crippen LogP contribution in [0.3, 0.4) is 0 Å². The topological polar surface area (TPSA) is 81.6 Å². The number of aryl methyl sites for hydroxylation is 1. The van der Waals surface area contributed by atoms with E-state index in [2.05, 4.69) is 20.4 Å². The summed E-state index contributed by atoms with van der Waals surface area (Å²) in [6, 6.07) is 3.63. The van der Waals surface area contributed by atoms with Gasteiger partial charge in [0.05, 0.1) is 0 Å². The quantitative estimate of drug-likeness (QED) is 0.724. The van der Waals surface area contributed by atoms with Crippen LogP contribution in [0.2, 0.25) is 0 Å². The standard InChI is InChI=1S/C10H14N6/c11-9-7-10(14-8-13-9)12-3-1-5-16-6-2-4-15-16/h2,4,6-8H,1,3,5H2,(H3,11,12,13,14). The Bertz CT molecular complexity index is 425. The first-order valence-corrected chi connectivity index (χ1v) is 5.13. The van der Waals surface area contributed by atoms with Crippen LogP contribution < -0.4 is 11.1 Å². The molecular formula is C10H14N6. The van der Waals surface area contributed by atoms with Crippen molar-refractivity contribution in [3.63, 3.8) is 0 Å². The molecule has 3 N–H and O–H groups in total. The lowest BCUT2D eigenvalue weighted by molar-refractivity contribution is 0.591. The van der Waals surface area contributed by atoms with E-state index in [9.17, 15) is 0 Å². The van der Waals surface area contributed by atoms with Crippen molar-refractivity contribution >= 4 is 11.6 Å². The third kappa shape index (κ3) is 2.94. The van der Waals surface area contributed by atoms with Crippen LogP contribution in [0.4, 0.5) is 11.6 Å². The van der Waals surface area contributed by atoms with Gasteiger partial charge in [0.2, 0.25) is 0 Å². The Balaban J connectivity index is 1.72. The molecule has 2 aromatic rings. The van der Waals surface area contributed by atoms with Crippen LogP contribution in [0.25, 0.3) is 0 Å². The molecule has 0 fully saturated rings. The van der Waals surface area contributed by atoms with Crippen molar-refractivity contribution in [3.05, 3.63) is 30.9 Å². The van der Waals surface area contributed by atoms with E-state index in [1.165, 1.54) is 6.33 Å². The fourth-order valence-corrected chi connectivity index (χ4v) is 1.36. The Labute approximate surface area is 93.5 Å². The Kier molecular flexibility index (Phi) is 3.32. The predicted molar refractivity (Wildman–Crippen MR) is 61.8 cm³/mol. The highest BCUT2D eigenvalue weighted by molar-refractivity contribution is 5.42. The zero-order valence-electron chi connectivity index (χ0n) is 8.87. The van der Waals surface area contributed by atoms with Gasteiger partial charge in [0.15, 0.2) is 0 Å². The summed E-state index contributed by atoms with van der Waals surface area (Å²) in [5.41, 5.74) is 5.53. The molecule has 0 aliphatic rings. The lowest BCUT2D eigenvalue weighted by Gasteiger charge is -2.05. The summed E-state index contributed by atoms with van der Waals surface area (Å²) < 4.78 is 1.90. The molecule has 6 nitrogen and oxygen atoms in total. The van der Waals surface area contributed by atoms with Gasteiger partial charge < -0.3 is 11.1 Å². The molecule has 84 valence electrons. The van der Waals surface area contributed by atoms with Crippen molar-refractivity contribution in [2.45, 2.75) is 13.0 Å². The molecule has 0 amide bonds. The van der Waals surface area contributed by atoms with E-state index in [-0.39, 0.29) is 0 Å². The number of nitrogens with one attached hydrogen (secondary N) is 1. The van der Waals surface area contributed by atoms with E-state index >= 15 is 0 Å². The zero-order valence-corrected chi connectivity index (χ0v) is 8.87. The summed E-state index contributed by atoms with van der Waals surface area (Å²) in [5.74, 6) is 1.23. The van der Waals surface area contributed by atoms with Crippen molar-refractivity contribution in [2.75, 3.05) is 17.6 Å². The van der Waals surface area contributed by atoms with Crippen LogP contribution in [0.1, 0.15) is 6.42 Å². The molecule has 2 aromatic heterocycles. The van der Waals surface area contributed by atoms with Crippen molar-refractivity contribution < 1.29 is 0 Å². The third-order valence-electron chi connectivity index (χ3n) is 2.12. The molecule has 0 radical (unpaired) electrons. The smallest absolute Gasteiger partial charge is 0.131 e. The lowest BCUT2D eigenvalue weighted by Crippen LogP contribution is -2.08. The first-order valence-electron chi connectivity index (χ1n) is 5.13. The number of nitrogens with two attached hydrogens (primary N) is 1. The maximum absolute atomic E-state index is 5.53. The summed E-state index contributed by atoms with van der Waals surface area (Å²) >= 11 is 0. The van der Waals surface area contributed by atoms with Crippen LogP contribution in [0.5, 0.6) is 0 Å². The fourth-order valence-electron chi connectivity index (χ4n) is 1.36. The second kappa shape index (κ2) is 5.11. The maximum atomic E-state index is 5.53. The molecule has 2 rings (SSSR count). The molecule has 16 heavy (non-hydrogen) atoms. The molecule has 2 heterocycles. The summed E-state index contributed by atoms with van der Waals surface area (Å²) in [6.07, 6.45) is 6.15. The van der Waals surface area contributed by atoms with Gasteiger partial charge in [-0.3, -0.25) is 4.68 Å². The Morgan fingerprint density at radius 1 is 1.38 bits per heavy atom. The predicted octanol–water partition coefficient (Wildman–Crippen LogP) is 0.757. The normalized spacial score (nSPS) is 10.2. The number of hydrogen-bond acceptors (Lipinski definition) is 5. The number of hydrogen-bond donors (Lipinski definition) is 2. The Morgan fingerprint density at radius 2 is 2.31 bits per heavy atom. The van der Waals surface area contributed by atoms with Gasteiger partial charge in [-0.1, -0.05) is 0 Å². The summed E-state index contributed by atoms with van der Waals surface area (Å²) in [4.78, 5) is 7.87. The summed E-state index contributed by atoms with van der Waals surface area (Å²) in [7, 11) is 0. The highest BCUT2D eigenvalue weighted by atomic mass is 15.3. The maximum Gasteiger partial charge on any atom is 0.131 e. The third-order valence-corrected chi connectivity index (χ3v) is 2.12. The molecule has 0 spiro atoms. The lowest BCUT2D eigenvalue weighted by atomic mass is 10.4. The van der Waals surface area contributed by atoms with Gasteiger partial charge in [0.1, 0.15) is 18.0 Å². The molecule has 0 aromatic carbocycles. The number of aromatic nitrogens is 4. The minimum Gasteiger partial charge on any atom is -0.384 e.